The quantitative estimate of drug-likeness (QED) is 0.0185. The second kappa shape index (κ2) is 29.8. The lowest BCUT2D eigenvalue weighted by Gasteiger charge is -2.35. The monoisotopic (exact) mass is 1210 g/mol. The van der Waals surface area contributed by atoms with Crippen LogP contribution in [0.1, 0.15) is 153 Å². The lowest BCUT2D eigenvalue weighted by molar-refractivity contribution is 0.661. The highest BCUT2D eigenvalue weighted by molar-refractivity contribution is 6.92. The molecule has 0 aromatic heterocycles. The maximum absolute atomic E-state index is 2.80. The van der Waals surface area contributed by atoms with E-state index in [1.807, 2.05) is 0 Å². The summed E-state index contributed by atoms with van der Waals surface area (Å²) in [5.41, 5.74) is 16.2. The Balaban J connectivity index is 1.58. The summed E-state index contributed by atoms with van der Waals surface area (Å²) in [6.45, 7) is 40.0. The van der Waals surface area contributed by atoms with Gasteiger partial charge in [0.2, 0.25) is 0 Å². The summed E-state index contributed by atoms with van der Waals surface area (Å²) in [6.07, 6.45) is 24.5. The van der Waals surface area contributed by atoms with Crippen LogP contribution >= 0.6 is 0 Å². The van der Waals surface area contributed by atoms with Crippen molar-refractivity contribution in [2.75, 3.05) is 9.80 Å². The Hall–Kier alpha value is -5.25. The molecule has 0 unspecified atom stereocenters. The largest absolute Gasteiger partial charge is 0.309 e. The molecular formula is C80H112N2Si4. The van der Waals surface area contributed by atoms with Gasteiger partial charge in [-0.1, -0.05) is 295 Å². The Morgan fingerprint density at radius 2 is 0.558 bits per heavy atom. The minimum absolute atomic E-state index is 1.10. The van der Waals surface area contributed by atoms with Crippen LogP contribution in [-0.2, 0) is 25.7 Å². The van der Waals surface area contributed by atoms with Crippen molar-refractivity contribution in [2.24, 2.45) is 0 Å². The standard InChI is InChI=1S/C80H112N2Si4/c1-17-21-25-30-38-61-48-62(39-31-26-22-18-2)51-67(50-61)81(69-55-71(83(5,6)7)59-72(56-69)84(8,9)10)79-75-44-36-37-45-76(75)80(78-54-66(46-47-77(78)79)65-42-34-29-35-43-65)82(70-57-73(85(11,12)13)60-74(58-70)86(14,15)16)68-52-63(40-32-27-23-19-3)49-64(53-68)41-33-28-24-20-4/h29,34-37,42-60H,17-28,30-33,38-41H2,1-16H3. The molecule has 0 saturated heterocycles. The highest BCUT2D eigenvalue weighted by Crippen LogP contribution is 2.52. The minimum Gasteiger partial charge on any atom is -0.309 e. The zero-order valence-electron chi connectivity index (χ0n) is 56.9. The Morgan fingerprint density at radius 3 is 0.884 bits per heavy atom. The SMILES string of the molecule is CCCCCCc1cc(CCCCCC)cc(N(c2cc([Si](C)(C)C)cc([Si](C)(C)C)c2)c2c3ccccc3c(N(c3cc(CCCCCC)cc(CCCCCC)c3)c3cc([Si](C)(C)C)cc([Si](C)(C)C)c3)c3cc(-c4ccccc4)ccc23)c1. The van der Waals surface area contributed by atoms with Crippen LogP contribution in [0.4, 0.5) is 34.1 Å². The molecule has 0 amide bonds. The van der Waals surface area contributed by atoms with Crippen molar-refractivity contribution in [3.8, 4) is 11.1 Å². The van der Waals surface area contributed by atoms with Gasteiger partial charge in [0.15, 0.2) is 0 Å². The molecule has 8 aromatic carbocycles. The number of hydrogen-bond donors (Lipinski definition) is 0. The van der Waals surface area contributed by atoms with Crippen molar-refractivity contribution in [2.45, 2.75) is 235 Å². The summed E-state index contributed by atoms with van der Waals surface area (Å²) < 4.78 is 0. The summed E-state index contributed by atoms with van der Waals surface area (Å²) in [7, 11) is -7.31. The number of rotatable bonds is 31. The third-order valence-electron chi connectivity index (χ3n) is 18.2. The van der Waals surface area contributed by atoms with E-state index in [1.165, 1.54) is 213 Å². The van der Waals surface area contributed by atoms with Crippen molar-refractivity contribution in [1.29, 1.82) is 0 Å². The molecule has 0 radical (unpaired) electrons. The molecule has 0 aliphatic heterocycles. The van der Waals surface area contributed by atoms with E-state index in [0.717, 1.165) is 25.7 Å². The van der Waals surface area contributed by atoms with Gasteiger partial charge in [0, 0.05) is 44.3 Å². The van der Waals surface area contributed by atoms with Gasteiger partial charge in [-0.05, 0) is 139 Å². The van der Waals surface area contributed by atoms with Crippen LogP contribution in [0.25, 0.3) is 32.7 Å². The van der Waals surface area contributed by atoms with Crippen molar-refractivity contribution in [1.82, 2.24) is 0 Å². The van der Waals surface area contributed by atoms with Crippen molar-refractivity contribution in [3.05, 3.63) is 168 Å². The minimum atomic E-state index is -1.83. The maximum Gasteiger partial charge on any atom is 0.0776 e. The summed E-state index contributed by atoms with van der Waals surface area (Å²) in [4.78, 5) is 5.59. The summed E-state index contributed by atoms with van der Waals surface area (Å²) >= 11 is 0. The second-order valence-corrected chi connectivity index (χ2v) is 50.1. The molecule has 2 nitrogen and oxygen atoms in total. The fourth-order valence-electron chi connectivity index (χ4n) is 12.8. The first kappa shape index (κ1) is 66.7. The van der Waals surface area contributed by atoms with E-state index >= 15 is 0 Å². The normalized spacial score (nSPS) is 12.4. The van der Waals surface area contributed by atoms with Crippen molar-refractivity contribution < 1.29 is 0 Å². The first-order chi connectivity index (χ1) is 41.0. The number of nitrogens with zero attached hydrogens (tertiary/aromatic N) is 2. The predicted octanol–water partition coefficient (Wildman–Crippen LogP) is 23.3. The average Bonchev–Trinajstić information content (AvgIpc) is 1.30. The molecule has 0 spiro atoms. The Kier molecular flexibility index (Phi) is 23.1. The number of unbranched alkanes of at least 4 members (excludes halogenated alkanes) is 12. The first-order valence-corrected chi connectivity index (χ1v) is 48.2. The number of fused-ring (bicyclic) bond motifs is 2. The molecule has 0 saturated carbocycles. The fraction of sp³-hybridized carbons (Fsp3) is 0.450. The zero-order valence-corrected chi connectivity index (χ0v) is 60.9. The Bertz CT molecular complexity index is 3370. The van der Waals surface area contributed by atoms with Gasteiger partial charge < -0.3 is 9.80 Å². The molecule has 0 atom stereocenters. The molecule has 8 aromatic rings. The molecule has 0 bridgehead atoms. The van der Waals surface area contributed by atoms with E-state index in [-0.39, 0.29) is 0 Å². The Morgan fingerprint density at radius 1 is 0.256 bits per heavy atom. The van der Waals surface area contributed by atoms with E-state index < -0.39 is 32.3 Å². The van der Waals surface area contributed by atoms with Crippen molar-refractivity contribution >= 4 is 109 Å². The fourth-order valence-corrected chi connectivity index (χ4v) is 17.8. The predicted molar refractivity (Wildman–Crippen MR) is 400 cm³/mol. The highest BCUT2D eigenvalue weighted by Gasteiger charge is 2.32. The van der Waals surface area contributed by atoms with Gasteiger partial charge in [-0.25, -0.2) is 0 Å². The number of aryl methyl sites for hydroxylation is 4. The smallest absolute Gasteiger partial charge is 0.0776 e. The molecule has 0 aliphatic rings. The van der Waals surface area contributed by atoms with Crippen molar-refractivity contribution in [3.63, 3.8) is 0 Å². The zero-order chi connectivity index (χ0) is 61.8. The molecule has 0 aliphatic carbocycles. The van der Waals surface area contributed by atoms with Gasteiger partial charge in [-0.3, -0.25) is 0 Å². The van der Waals surface area contributed by atoms with Gasteiger partial charge >= 0.3 is 0 Å². The number of benzene rings is 8. The van der Waals surface area contributed by atoms with E-state index in [1.54, 1.807) is 0 Å². The third kappa shape index (κ3) is 17.1. The lowest BCUT2D eigenvalue weighted by atomic mass is 9.92. The van der Waals surface area contributed by atoms with Crippen LogP contribution < -0.4 is 30.5 Å². The molecule has 0 fully saturated rings. The molecule has 0 N–H and O–H groups in total. The van der Waals surface area contributed by atoms with Gasteiger partial charge in [0.1, 0.15) is 0 Å². The topological polar surface area (TPSA) is 6.48 Å². The number of hydrogen-bond acceptors (Lipinski definition) is 2. The molecule has 6 heteroatoms. The van der Waals surface area contributed by atoms with Crippen LogP contribution in [0.3, 0.4) is 0 Å². The van der Waals surface area contributed by atoms with Crippen LogP contribution in [-0.4, -0.2) is 32.3 Å². The Labute approximate surface area is 528 Å². The van der Waals surface area contributed by atoms with Gasteiger partial charge in [0.05, 0.1) is 43.7 Å². The van der Waals surface area contributed by atoms with Crippen LogP contribution in [0, 0.1) is 0 Å². The van der Waals surface area contributed by atoms with Crippen LogP contribution in [0.5, 0.6) is 0 Å². The van der Waals surface area contributed by atoms with E-state index in [4.69, 9.17) is 0 Å². The first-order valence-electron chi connectivity index (χ1n) is 34.2. The summed E-state index contributed by atoms with van der Waals surface area (Å²) in [6, 6.07) is 59.9. The average molecular weight is 1210 g/mol. The third-order valence-corrected chi connectivity index (χ3v) is 26.3. The molecule has 458 valence electrons. The van der Waals surface area contributed by atoms with Gasteiger partial charge in [0.25, 0.3) is 0 Å². The molecule has 86 heavy (non-hydrogen) atoms. The van der Waals surface area contributed by atoms with E-state index in [9.17, 15) is 0 Å². The van der Waals surface area contributed by atoms with Crippen LogP contribution in [0.2, 0.25) is 78.6 Å². The molecular weight excluding hydrogens is 1100 g/mol. The summed E-state index contributed by atoms with van der Waals surface area (Å²) in [5, 5.41) is 11.3. The van der Waals surface area contributed by atoms with Gasteiger partial charge in [-0.15, -0.1) is 0 Å². The van der Waals surface area contributed by atoms with E-state index in [0.29, 0.717) is 0 Å². The lowest BCUT2D eigenvalue weighted by Crippen LogP contribution is -2.45. The van der Waals surface area contributed by atoms with Gasteiger partial charge in [-0.2, -0.15) is 0 Å². The highest BCUT2D eigenvalue weighted by atomic mass is 28.3. The summed E-state index contributed by atoms with van der Waals surface area (Å²) in [5.74, 6) is 0. The van der Waals surface area contributed by atoms with E-state index in [2.05, 4.69) is 262 Å². The maximum atomic E-state index is 2.80. The second-order valence-electron chi connectivity index (χ2n) is 29.8. The number of anilines is 6. The molecule has 8 rings (SSSR count). The molecule has 0 heterocycles. The van der Waals surface area contributed by atoms with Crippen LogP contribution in [0.15, 0.2) is 146 Å².